The number of aliphatic imine (C=N–C) groups is 1. The molecule has 1 fully saturated rings. The molecule has 1 heterocycles. The van der Waals surface area contributed by atoms with Gasteiger partial charge in [-0.05, 0) is 39.8 Å². The van der Waals surface area contributed by atoms with Crippen molar-refractivity contribution in [3.05, 3.63) is 29.3 Å². The Hall–Kier alpha value is -1.27. The summed E-state index contributed by atoms with van der Waals surface area (Å²) in [5, 5.41) is 4.16. The van der Waals surface area contributed by atoms with Crippen molar-refractivity contribution < 1.29 is 4.21 Å². The number of guanidine groups is 1. The van der Waals surface area contributed by atoms with Gasteiger partial charge in [-0.2, -0.15) is 0 Å². The van der Waals surface area contributed by atoms with Crippen molar-refractivity contribution in [1.82, 2.24) is 10.2 Å². The summed E-state index contributed by atoms with van der Waals surface area (Å²) < 4.78 is 12.0. The number of halogens is 1. The van der Waals surface area contributed by atoms with Crippen LogP contribution in [0.1, 0.15) is 27.7 Å². The fourth-order valence-electron chi connectivity index (χ4n) is 2.83. The Morgan fingerprint density at radius 1 is 1.23 bits per heavy atom. The summed E-state index contributed by atoms with van der Waals surface area (Å²) in [6, 6.07) is 7.98. The van der Waals surface area contributed by atoms with E-state index in [9.17, 15) is 4.21 Å². The van der Waals surface area contributed by atoms with Crippen LogP contribution >= 0.6 is 11.6 Å². The molecular formula is C19H31ClN4OS. The minimum atomic E-state index is -0.872. The molecule has 1 unspecified atom stereocenters. The monoisotopic (exact) mass is 398 g/mol. The summed E-state index contributed by atoms with van der Waals surface area (Å²) in [7, 11) is -0.872. The van der Waals surface area contributed by atoms with Gasteiger partial charge < -0.3 is 15.1 Å². The Labute approximate surface area is 165 Å². The Kier molecular flexibility index (Phi) is 7.77. The summed E-state index contributed by atoms with van der Waals surface area (Å²) >= 11 is 6.32. The molecule has 1 aliphatic rings. The number of piperazine rings is 1. The Balaban J connectivity index is 1.94. The van der Waals surface area contributed by atoms with E-state index in [0.717, 1.165) is 49.4 Å². The van der Waals surface area contributed by atoms with Crippen LogP contribution in [-0.4, -0.2) is 64.8 Å². The molecular weight excluding hydrogens is 368 g/mol. The van der Waals surface area contributed by atoms with Crippen LogP contribution in [0.5, 0.6) is 0 Å². The smallest absolute Gasteiger partial charge is 0.194 e. The van der Waals surface area contributed by atoms with Gasteiger partial charge in [0, 0.05) is 54.0 Å². The first-order valence-electron chi connectivity index (χ1n) is 9.24. The van der Waals surface area contributed by atoms with Crippen LogP contribution in [0, 0.1) is 0 Å². The van der Waals surface area contributed by atoms with E-state index in [1.54, 1.807) is 0 Å². The number of nitrogens with zero attached hydrogens (tertiary/aromatic N) is 3. The SMILES string of the molecule is CCNC(=NCCS(=O)C(C)(C)C)N1CCN(c2ccccc2Cl)CC1. The molecule has 1 atom stereocenters. The van der Waals surface area contributed by atoms with E-state index in [-0.39, 0.29) is 4.75 Å². The molecule has 1 aromatic rings. The molecule has 146 valence electrons. The van der Waals surface area contributed by atoms with Crippen molar-refractivity contribution in [3.63, 3.8) is 0 Å². The first kappa shape index (κ1) is 21.0. The van der Waals surface area contributed by atoms with Crippen LogP contribution in [0.4, 0.5) is 5.69 Å². The van der Waals surface area contributed by atoms with Crippen LogP contribution in [0.2, 0.25) is 5.02 Å². The summed E-state index contributed by atoms with van der Waals surface area (Å²) in [6.07, 6.45) is 0. The van der Waals surface area contributed by atoms with Gasteiger partial charge >= 0.3 is 0 Å². The average Bonchev–Trinajstić information content (AvgIpc) is 2.61. The van der Waals surface area contributed by atoms with E-state index in [2.05, 4.69) is 28.1 Å². The molecule has 0 spiro atoms. The maximum absolute atomic E-state index is 12.2. The molecule has 1 N–H and O–H groups in total. The first-order chi connectivity index (χ1) is 12.3. The summed E-state index contributed by atoms with van der Waals surface area (Å²) in [5.74, 6) is 1.51. The third-order valence-corrected chi connectivity index (χ3v) is 6.57. The van der Waals surface area contributed by atoms with Gasteiger partial charge in [0.05, 0.1) is 17.3 Å². The summed E-state index contributed by atoms with van der Waals surface area (Å²) in [5.41, 5.74) is 1.09. The Morgan fingerprint density at radius 2 is 1.88 bits per heavy atom. The van der Waals surface area contributed by atoms with Crippen molar-refractivity contribution in [2.45, 2.75) is 32.4 Å². The molecule has 0 aromatic heterocycles. The van der Waals surface area contributed by atoms with Crippen molar-refractivity contribution in [3.8, 4) is 0 Å². The maximum atomic E-state index is 12.2. The van der Waals surface area contributed by atoms with E-state index >= 15 is 0 Å². The number of hydrogen-bond donors (Lipinski definition) is 1. The molecule has 1 aliphatic heterocycles. The number of para-hydroxylation sites is 1. The van der Waals surface area contributed by atoms with Gasteiger partial charge in [0.1, 0.15) is 0 Å². The number of nitrogens with one attached hydrogen (secondary N) is 1. The van der Waals surface area contributed by atoms with E-state index in [1.165, 1.54) is 0 Å². The molecule has 7 heteroatoms. The normalized spacial score (nSPS) is 17.3. The van der Waals surface area contributed by atoms with Crippen LogP contribution in [-0.2, 0) is 10.8 Å². The van der Waals surface area contributed by atoms with Crippen LogP contribution in [0.25, 0.3) is 0 Å². The first-order valence-corrected chi connectivity index (χ1v) is 10.9. The van der Waals surface area contributed by atoms with Crippen LogP contribution in [0.3, 0.4) is 0 Å². The molecule has 0 aliphatic carbocycles. The zero-order chi connectivity index (χ0) is 19.2. The lowest BCUT2D eigenvalue weighted by Crippen LogP contribution is -2.52. The lowest BCUT2D eigenvalue weighted by atomic mass is 10.2. The molecule has 0 bridgehead atoms. The maximum Gasteiger partial charge on any atom is 0.194 e. The topological polar surface area (TPSA) is 47.9 Å². The Morgan fingerprint density at radius 3 is 2.46 bits per heavy atom. The molecule has 0 radical (unpaired) electrons. The molecule has 26 heavy (non-hydrogen) atoms. The zero-order valence-corrected chi connectivity index (χ0v) is 17.9. The lowest BCUT2D eigenvalue weighted by molar-refractivity contribution is 0.373. The highest BCUT2D eigenvalue weighted by molar-refractivity contribution is 7.86. The second-order valence-corrected chi connectivity index (χ2v) is 10.1. The number of hydrogen-bond acceptors (Lipinski definition) is 3. The number of rotatable bonds is 5. The fourth-order valence-corrected chi connectivity index (χ4v) is 3.96. The second-order valence-electron chi connectivity index (χ2n) is 7.32. The van der Waals surface area contributed by atoms with Gasteiger partial charge in [-0.1, -0.05) is 23.7 Å². The number of benzene rings is 1. The van der Waals surface area contributed by atoms with E-state index < -0.39 is 10.8 Å². The van der Waals surface area contributed by atoms with Crippen LogP contribution in [0.15, 0.2) is 29.3 Å². The number of anilines is 1. The Bertz CT molecular complexity index is 637. The largest absolute Gasteiger partial charge is 0.367 e. The minimum absolute atomic E-state index is 0.186. The van der Waals surface area contributed by atoms with E-state index in [0.29, 0.717) is 12.3 Å². The molecule has 1 saturated heterocycles. The van der Waals surface area contributed by atoms with Gasteiger partial charge in [-0.3, -0.25) is 9.20 Å². The summed E-state index contributed by atoms with van der Waals surface area (Å²) in [4.78, 5) is 9.29. The third-order valence-electron chi connectivity index (χ3n) is 4.33. The molecule has 2 rings (SSSR count). The van der Waals surface area contributed by atoms with Crippen molar-refractivity contribution >= 4 is 34.0 Å². The molecule has 0 amide bonds. The second kappa shape index (κ2) is 9.60. The standard InChI is InChI=1S/C19H31ClN4OS/c1-5-21-18(22-10-15-26(25)19(2,3)4)24-13-11-23(12-14-24)17-9-7-6-8-16(17)20/h6-9H,5,10-15H2,1-4H3,(H,21,22). The van der Waals surface area contributed by atoms with Gasteiger partial charge in [-0.15, -0.1) is 0 Å². The predicted molar refractivity (Wildman–Crippen MR) is 114 cm³/mol. The highest BCUT2D eigenvalue weighted by Gasteiger charge is 2.22. The predicted octanol–water partition coefficient (Wildman–Crippen LogP) is 2.97. The van der Waals surface area contributed by atoms with E-state index in [4.69, 9.17) is 16.6 Å². The van der Waals surface area contributed by atoms with Gasteiger partial charge in [0.2, 0.25) is 0 Å². The highest BCUT2D eigenvalue weighted by atomic mass is 35.5. The third kappa shape index (κ3) is 5.88. The molecule has 1 aromatic carbocycles. The summed E-state index contributed by atoms with van der Waals surface area (Å²) in [6.45, 7) is 13.1. The zero-order valence-electron chi connectivity index (χ0n) is 16.3. The average molecular weight is 399 g/mol. The highest BCUT2D eigenvalue weighted by Crippen LogP contribution is 2.26. The van der Waals surface area contributed by atoms with Gasteiger partial charge in [-0.25, -0.2) is 0 Å². The lowest BCUT2D eigenvalue weighted by Gasteiger charge is -2.38. The van der Waals surface area contributed by atoms with Crippen LogP contribution < -0.4 is 10.2 Å². The molecule has 5 nitrogen and oxygen atoms in total. The van der Waals surface area contributed by atoms with Gasteiger partial charge in [0.25, 0.3) is 0 Å². The quantitative estimate of drug-likeness (QED) is 0.611. The van der Waals surface area contributed by atoms with Crippen molar-refractivity contribution in [1.29, 1.82) is 0 Å². The molecule has 0 saturated carbocycles. The minimum Gasteiger partial charge on any atom is -0.367 e. The van der Waals surface area contributed by atoms with Crippen molar-refractivity contribution in [2.24, 2.45) is 4.99 Å². The van der Waals surface area contributed by atoms with E-state index in [1.807, 2.05) is 39.0 Å². The van der Waals surface area contributed by atoms with Gasteiger partial charge in [0.15, 0.2) is 5.96 Å². The van der Waals surface area contributed by atoms with Crippen molar-refractivity contribution in [2.75, 3.05) is 49.9 Å². The fraction of sp³-hybridized carbons (Fsp3) is 0.632.